The molecule has 3 fully saturated rings. The molecule has 49 heavy (non-hydrogen) atoms. The van der Waals surface area contributed by atoms with E-state index in [0.717, 1.165) is 68.0 Å². The van der Waals surface area contributed by atoms with Crippen LogP contribution in [0.1, 0.15) is 50.5 Å². The van der Waals surface area contributed by atoms with Gasteiger partial charge < -0.3 is 20.1 Å². The van der Waals surface area contributed by atoms with Crippen LogP contribution < -0.4 is 15.4 Å². The third kappa shape index (κ3) is 7.14. The fourth-order valence-corrected chi connectivity index (χ4v) is 7.84. The Labute approximate surface area is 282 Å². The van der Waals surface area contributed by atoms with Crippen molar-refractivity contribution in [1.29, 1.82) is 0 Å². The molecule has 2 aromatic heterocycles. The van der Waals surface area contributed by atoms with Crippen molar-refractivity contribution in [3.8, 4) is 17.3 Å². The zero-order valence-corrected chi connectivity index (χ0v) is 27.6. The molecule has 13 heteroatoms. The number of alkyl halides is 3. The number of ether oxygens (including phenoxy) is 2. The van der Waals surface area contributed by atoms with Gasteiger partial charge in [0, 0.05) is 38.6 Å². The molecule has 0 spiro atoms. The van der Waals surface area contributed by atoms with E-state index >= 15 is 4.39 Å². The molecule has 262 valence electrons. The van der Waals surface area contributed by atoms with Crippen molar-refractivity contribution in [3.63, 3.8) is 0 Å². The number of pyridine rings is 1. The lowest BCUT2D eigenvalue weighted by Gasteiger charge is -2.35. The Kier molecular flexibility index (Phi) is 10.5. The molecule has 3 saturated heterocycles. The first-order chi connectivity index (χ1) is 23.7. The normalized spacial score (nSPS) is 19.1. The number of carbonyl (C=O) groups is 1. The standard InChI is InChI=1S/C35H39F4N5O2.CH3NO/c1-45-19-5-11-24-9-2-8-23-10-3-13-26(28(23)24)30-29(36)31-27(20-40-30)32(43-16-4-12-25(21-43)35(37,38)39)42-33(41-31)46-22-34-14-6-17-44(34)18-7-15-34;2-1-3/h2-3,8-10,13,20,25H,4-7,11-12,14-19,21-22H2,1H3;1H,(H2,2,3). The van der Waals surface area contributed by atoms with E-state index in [1.54, 1.807) is 12.0 Å². The third-order valence-electron chi connectivity index (χ3n) is 10.1. The fourth-order valence-electron chi connectivity index (χ4n) is 7.84. The minimum absolute atomic E-state index is 0.000185. The molecule has 3 aliphatic heterocycles. The predicted molar refractivity (Wildman–Crippen MR) is 180 cm³/mol. The molecule has 1 unspecified atom stereocenters. The van der Waals surface area contributed by atoms with Gasteiger partial charge in [0.2, 0.25) is 6.41 Å². The summed E-state index contributed by atoms with van der Waals surface area (Å²) in [6.07, 6.45) is 3.55. The second kappa shape index (κ2) is 14.8. The van der Waals surface area contributed by atoms with Gasteiger partial charge in [0.25, 0.3) is 0 Å². The SMILES string of the molecule is COCCCc1cccc2cccc(-c3ncc4c(N5CCCC(C(F)(F)F)C5)nc(OCC56CCCN5CCC6)nc4c3F)c12.NC=O. The van der Waals surface area contributed by atoms with E-state index in [0.29, 0.717) is 31.7 Å². The Morgan fingerprint density at radius 1 is 1.06 bits per heavy atom. The molecule has 3 aliphatic rings. The number of rotatable bonds is 9. The number of hydrogen-bond acceptors (Lipinski definition) is 8. The van der Waals surface area contributed by atoms with Crippen LogP contribution >= 0.6 is 0 Å². The van der Waals surface area contributed by atoms with Crippen LogP contribution in [-0.2, 0) is 16.0 Å². The van der Waals surface area contributed by atoms with Crippen LogP contribution in [0.4, 0.5) is 23.4 Å². The number of amides is 1. The molecule has 0 saturated carbocycles. The quantitative estimate of drug-likeness (QED) is 0.122. The monoisotopic (exact) mass is 682 g/mol. The summed E-state index contributed by atoms with van der Waals surface area (Å²) in [6.45, 7) is 3.10. The number of methoxy groups -OCH3 is 1. The molecule has 1 amide bonds. The predicted octanol–water partition coefficient (Wildman–Crippen LogP) is 6.45. The topological polar surface area (TPSA) is 107 Å². The summed E-state index contributed by atoms with van der Waals surface area (Å²) >= 11 is 0. The molecule has 2 aromatic carbocycles. The van der Waals surface area contributed by atoms with Gasteiger partial charge in [-0.2, -0.15) is 23.1 Å². The van der Waals surface area contributed by atoms with Gasteiger partial charge in [-0.3, -0.25) is 14.7 Å². The zero-order valence-electron chi connectivity index (χ0n) is 27.6. The molecule has 4 aromatic rings. The number of anilines is 1. The second-order valence-electron chi connectivity index (χ2n) is 13.1. The van der Waals surface area contributed by atoms with Gasteiger partial charge in [-0.05, 0) is 80.8 Å². The van der Waals surface area contributed by atoms with Gasteiger partial charge in [0.15, 0.2) is 5.82 Å². The Balaban J connectivity index is 0.00000134. The van der Waals surface area contributed by atoms with E-state index in [1.165, 1.54) is 6.20 Å². The van der Waals surface area contributed by atoms with Crippen LogP contribution in [0.5, 0.6) is 6.01 Å². The molecule has 7 rings (SSSR count). The summed E-state index contributed by atoms with van der Waals surface area (Å²) in [5.74, 6) is -1.90. The molecule has 0 bridgehead atoms. The molecular weight excluding hydrogens is 640 g/mol. The van der Waals surface area contributed by atoms with E-state index in [-0.39, 0.29) is 53.3 Å². The van der Waals surface area contributed by atoms with Crippen LogP contribution in [0.25, 0.3) is 32.9 Å². The number of benzene rings is 2. The highest BCUT2D eigenvalue weighted by Crippen LogP contribution is 2.41. The highest BCUT2D eigenvalue weighted by Gasteiger charge is 2.45. The number of nitrogens with zero attached hydrogens (tertiary/aromatic N) is 5. The number of carbonyl (C=O) groups excluding carboxylic acids is 1. The van der Waals surface area contributed by atoms with Crippen molar-refractivity contribution in [3.05, 3.63) is 54.0 Å². The van der Waals surface area contributed by atoms with E-state index in [1.807, 2.05) is 36.4 Å². The first kappa shape index (κ1) is 34.8. The highest BCUT2D eigenvalue weighted by atomic mass is 19.4. The van der Waals surface area contributed by atoms with Crippen LogP contribution in [0.3, 0.4) is 0 Å². The maximum Gasteiger partial charge on any atom is 0.393 e. The van der Waals surface area contributed by atoms with Gasteiger partial charge in [-0.25, -0.2) is 4.39 Å². The number of primary amides is 1. The molecule has 9 nitrogen and oxygen atoms in total. The minimum atomic E-state index is -4.33. The number of piperidine rings is 1. The second-order valence-corrected chi connectivity index (χ2v) is 13.1. The fraction of sp³-hybridized carbons (Fsp3) is 0.500. The van der Waals surface area contributed by atoms with Crippen LogP contribution in [0.15, 0.2) is 42.6 Å². The van der Waals surface area contributed by atoms with Crippen molar-refractivity contribution in [2.24, 2.45) is 11.7 Å². The maximum atomic E-state index is 16.8. The smallest absolute Gasteiger partial charge is 0.393 e. The molecule has 5 heterocycles. The molecular formula is C36H42F4N6O3. The van der Waals surface area contributed by atoms with Crippen LogP contribution in [0, 0.1) is 11.7 Å². The van der Waals surface area contributed by atoms with Crippen molar-refractivity contribution >= 4 is 33.9 Å². The molecule has 0 aliphatic carbocycles. The van der Waals surface area contributed by atoms with Gasteiger partial charge in [0.05, 0.1) is 16.8 Å². The van der Waals surface area contributed by atoms with Crippen LogP contribution in [-0.4, -0.2) is 84.5 Å². The molecule has 0 radical (unpaired) electrons. The summed E-state index contributed by atoms with van der Waals surface area (Å²) < 4.78 is 69.9. The summed E-state index contributed by atoms with van der Waals surface area (Å²) in [5.41, 5.74) is 5.89. The van der Waals surface area contributed by atoms with Crippen molar-refractivity contribution < 1.29 is 31.8 Å². The molecule has 2 N–H and O–H groups in total. The summed E-state index contributed by atoms with van der Waals surface area (Å²) in [4.78, 5) is 26.5. The third-order valence-corrected chi connectivity index (χ3v) is 10.1. The Morgan fingerprint density at radius 2 is 1.80 bits per heavy atom. The Morgan fingerprint density at radius 3 is 2.51 bits per heavy atom. The minimum Gasteiger partial charge on any atom is -0.461 e. The first-order valence-corrected chi connectivity index (χ1v) is 16.9. The van der Waals surface area contributed by atoms with E-state index in [2.05, 4.69) is 25.6 Å². The average molecular weight is 683 g/mol. The average Bonchev–Trinajstić information content (AvgIpc) is 3.68. The molecule has 1 atom stereocenters. The van der Waals surface area contributed by atoms with Gasteiger partial charge in [-0.1, -0.05) is 36.4 Å². The van der Waals surface area contributed by atoms with Crippen molar-refractivity contribution in [2.75, 3.05) is 51.4 Å². The summed E-state index contributed by atoms with van der Waals surface area (Å²) in [6, 6.07) is 11.7. The van der Waals surface area contributed by atoms with Crippen molar-refractivity contribution in [1.82, 2.24) is 19.9 Å². The van der Waals surface area contributed by atoms with Gasteiger partial charge in [-0.15, -0.1) is 0 Å². The van der Waals surface area contributed by atoms with E-state index in [9.17, 15) is 13.2 Å². The Hall–Kier alpha value is -4.10. The number of fused-ring (bicyclic) bond motifs is 3. The maximum absolute atomic E-state index is 16.8. The lowest BCUT2D eigenvalue weighted by atomic mass is 9.94. The largest absolute Gasteiger partial charge is 0.461 e. The first-order valence-electron chi connectivity index (χ1n) is 16.9. The summed E-state index contributed by atoms with van der Waals surface area (Å²) in [5, 5.41) is 2.14. The number of aromatic nitrogens is 3. The highest BCUT2D eigenvalue weighted by molar-refractivity contribution is 6.00. The van der Waals surface area contributed by atoms with Gasteiger partial charge >= 0.3 is 12.2 Å². The number of halogens is 4. The Bertz CT molecular complexity index is 1770. The zero-order chi connectivity index (χ0) is 34.6. The number of aryl methyl sites for hydroxylation is 1. The lowest BCUT2D eigenvalue weighted by molar-refractivity contribution is -0.176. The number of hydrogen-bond donors (Lipinski definition) is 1. The summed E-state index contributed by atoms with van der Waals surface area (Å²) in [7, 11) is 1.67. The van der Waals surface area contributed by atoms with Crippen LogP contribution in [0.2, 0.25) is 0 Å². The van der Waals surface area contributed by atoms with Gasteiger partial charge in [0.1, 0.15) is 23.6 Å². The van der Waals surface area contributed by atoms with Crippen molar-refractivity contribution in [2.45, 2.75) is 63.1 Å². The van der Waals surface area contributed by atoms with E-state index < -0.39 is 17.9 Å². The lowest BCUT2D eigenvalue weighted by Crippen LogP contribution is -2.44. The van der Waals surface area contributed by atoms with E-state index in [4.69, 9.17) is 14.3 Å². The number of nitrogens with two attached hydrogens (primary N) is 1.